The summed E-state index contributed by atoms with van der Waals surface area (Å²) in [5.74, 6) is 1.55. The van der Waals surface area contributed by atoms with Crippen molar-refractivity contribution in [1.82, 2.24) is 9.97 Å². The topological polar surface area (TPSA) is 93.7 Å². The fourth-order valence-electron chi connectivity index (χ4n) is 3.52. The van der Waals surface area contributed by atoms with Crippen molar-refractivity contribution >= 4 is 21.5 Å². The molecule has 9 heteroatoms. The molecule has 28 heavy (non-hydrogen) atoms. The molecule has 0 amide bonds. The van der Waals surface area contributed by atoms with E-state index >= 15 is 0 Å². The fourth-order valence-corrected chi connectivity index (χ4v) is 4.09. The van der Waals surface area contributed by atoms with E-state index in [-0.39, 0.29) is 6.04 Å². The number of hydrogen-bond acceptors (Lipinski definition) is 7. The lowest BCUT2D eigenvalue weighted by Gasteiger charge is -2.36. The average molecular weight is 404 g/mol. The second kappa shape index (κ2) is 7.65. The molecule has 1 fully saturated rings. The molecule has 4 rings (SSSR count). The molecule has 150 valence electrons. The molecular formula is C19H24N4O4S. The van der Waals surface area contributed by atoms with E-state index in [9.17, 15) is 8.42 Å². The number of aromatic nitrogens is 2. The number of fused-ring (bicyclic) bond motifs is 1. The van der Waals surface area contributed by atoms with E-state index in [1.54, 1.807) is 12.1 Å². The van der Waals surface area contributed by atoms with Crippen LogP contribution in [0.1, 0.15) is 18.2 Å². The van der Waals surface area contributed by atoms with Crippen molar-refractivity contribution in [2.75, 3.05) is 42.2 Å². The van der Waals surface area contributed by atoms with Gasteiger partial charge in [0.1, 0.15) is 5.82 Å². The van der Waals surface area contributed by atoms with Crippen LogP contribution < -0.4 is 9.62 Å². The summed E-state index contributed by atoms with van der Waals surface area (Å²) in [6.45, 7) is 5.42. The van der Waals surface area contributed by atoms with Gasteiger partial charge in [-0.15, -0.1) is 0 Å². The van der Waals surface area contributed by atoms with Crippen LogP contribution in [-0.4, -0.2) is 57.0 Å². The Labute approximate surface area is 164 Å². The molecule has 1 saturated heterocycles. The predicted molar refractivity (Wildman–Crippen MR) is 107 cm³/mol. The highest BCUT2D eigenvalue weighted by Crippen LogP contribution is 2.31. The quantitative estimate of drug-likeness (QED) is 0.831. The van der Waals surface area contributed by atoms with Gasteiger partial charge in [-0.2, -0.15) is 0 Å². The summed E-state index contributed by atoms with van der Waals surface area (Å²) < 4.78 is 36.5. The summed E-state index contributed by atoms with van der Waals surface area (Å²) in [6.07, 6.45) is 1.88. The summed E-state index contributed by atoms with van der Waals surface area (Å²) in [4.78, 5) is 11.9. The monoisotopic (exact) mass is 404 g/mol. The molecule has 0 saturated carbocycles. The van der Waals surface area contributed by atoms with E-state index in [0.717, 1.165) is 41.9 Å². The minimum Gasteiger partial charge on any atom is -0.377 e. The van der Waals surface area contributed by atoms with Crippen LogP contribution in [0.4, 0.5) is 11.5 Å². The van der Waals surface area contributed by atoms with Gasteiger partial charge in [0.15, 0.2) is 5.82 Å². The molecule has 1 N–H and O–H groups in total. The number of anilines is 2. The molecule has 1 aromatic carbocycles. The molecule has 1 unspecified atom stereocenters. The summed E-state index contributed by atoms with van der Waals surface area (Å²) >= 11 is 0. The molecule has 2 aromatic rings. The fraction of sp³-hybridized carbons (Fsp3) is 0.474. The number of hydrogen-bond donors (Lipinski definition) is 1. The normalized spacial score (nSPS) is 19.9. The van der Waals surface area contributed by atoms with Gasteiger partial charge in [0.25, 0.3) is 0 Å². The molecule has 0 aliphatic carbocycles. The van der Waals surface area contributed by atoms with Crippen LogP contribution in [0.15, 0.2) is 24.3 Å². The Morgan fingerprint density at radius 3 is 2.64 bits per heavy atom. The van der Waals surface area contributed by atoms with E-state index < -0.39 is 10.0 Å². The molecule has 2 aliphatic heterocycles. The van der Waals surface area contributed by atoms with Gasteiger partial charge in [0, 0.05) is 29.8 Å². The molecule has 2 aliphatic rings. The van der Waals surface area contributed by atoms with Crippen molar-refractivity contribution in [3.05, 3.63) is 35.5 Å². The first kappa shape index (κ1) is 19.1. The Morgan fingerprint density at radius 2 is 1.93 bits per heavy atom. The third-order valence-corrected chi connectivity index (χ3v) is 5.49. The summed E-state index contributed by atoms with van der Waals surface area (Å²) in [7, 11) is -3.31. The molecule has 1 aromatic heterocycles. The highest BCUT2D eigenvalue weighted by molar-refractivity contribution is 7.92. The van der Waals surface area contributed by atoms with Crippen molar-refractivity contribution in [3.8, 4) is 11.4 Å². The second-order valence-electron chi connectivity index (χ2n) is 7.17. The van der Waals surface area contributed by atoms with E-state index in [4.69, 9.17) is 19.4 Å². The highest BCUT2D eigenvalue weighted by Gasteiger charge is 2.27. The first-order valence-electron chi connectivity index (χ1n) is 9.31. The standard InChI is InChI=1S/C19H24N4O4S/c1-13-11-27-10-8-23(13)19-16-12-26-9-7-17(16)20-18(21-19)14-3-5-15(6-4-14)22-28(2,24)25/h3-6,13,22H,7-12H2,1-2H3. The zero-order valence-corrected chi connectivity index (χ0v) is 16.8. The van der Waals surface area contributed by atoms with Gasteiger partial charge in [-0.1, -0.05) is 0 Å². The zero-order chi connectivity index (χ0) is 19.7. The van der Waals surface area contributed by atoms with Crippen molar-refractivity contribution in [3.63, 3.8) is 0 Å². The predicted octanol–water partition coefficient (Wildman–Crippen LogP) is 1.81. The van der Waals surface area contributed by atoms with Crippen molar-refractivity contribution < 1.29 is 17.9 Å². The largest absolute Gasteiger partial charge is 0.377 e. The van der Waals surface area contributed by atoms with Crippen LogP contribution in [-0.2, 0) is 32.5 Å². The number of benzene rings is 1. The molecule has 8 nitrogen and oxygen atoms in total. The maximum atomic E-state index is 11.4. The Morgan fingerprint density at radius 1 is 1.14 bits per heavy atom. The third kappa shape index (κ3) is 4.11. The first-order chi connectivity index (χ1) is 13.4. The minimum atomic E-state index is -3.31. The lowest BCUT2D eigenvalue weighted by atomic mass is 10.1. The number of morpholine rings is 1. The number of ether oxygens (including phenoxy) is 2. The maximum absolute atomic E-state index is 11.4. The minimum absolute atomic E-state index is 0.226. The third-order valence-electron chi connectivity index (χ3n) is 4.89. The molecule has 0 spiro atoms. The smallest absolute Gasteiger partial charge is 0.229 e. The summed E-state index contributed by atoms with van der Waals surface area (Å²) in [5.41, 5.74) is 3.43. The van der Waals surface area contributed by atoms with Crippen LogP contribution in [0.3, 0.4) is 0 Å². The van der Waals surface area contributed by atoms with E-state index in [1.165, 1.54) is 0 Å². The molecule has 0 bridgehead atoms. The van der Waals surface area contributed by atoms with Crippen molar-refractivity contribution in [2.45, 2.75) is 26.0 Å². The summed E-state index contributed by atoms with van der Waals surface area (Å²) in [6, 6.07) is 7.34. The highest BCUT2D eigenvalue weighted by atomic mass is 32.2. The number of sulfonamides is 1. The lowest BCUT2D eigenvalue weighted by Crippen LogP contribution is -2.45. The van der Waals surface area contributed by atoms with Crippen LogP contribution in [0.2, 0.25) is 0 Å². The Kier molecular flexibility index (Phi) is 5.22. The SMILES string of the molecule is CC1COCCN1c1nc(-c2ccc(NS(C)(=O)=O)cc2)nc2c1COCC2. The molecule has 0 radical (unpaired) electrons. The van der Waals surface area contributed by atoms with Gasteiger partial charge < -0.3 is 14.4 Å². The maximum Gasteiger partial charge on any atom is 0.229 e. The van der Waals surface area contributed by atoms with Gasteiger partial charge >= 0.3 is 0 Å². The Hall–Kier alpha value is -2.23. The second-order valence-corrected chi connectivity index (χ2v) is 8.92. The molecule has 3 heterocycles. The van der Waals surface area contributed by atoms with E-state index in [2.05, 4.69) is 16.5 Å². The molecular weight excluding hydrogens is 380 g/mol. The van der Waals surface area contributed by atoms with Crippen LogP contribution in [0.5, 0.6) is 0 Å². The van der Waals surface area contributed by atoms with Gasteiger partial charge in [-0.25, -0.2) is 18.4 Å². The van der Waals surface area contributed by atoms with Crippen molar-refractivity contribution in [2.24, 2.45) is 0 Å². The number of nitrogens with zero attached hydrogens (tertiary/aromatic N) is 3. The van der Waals surface area contributed by atoms with Gasteiger partial charge in [0.2, 0.25) is 10.0 Å². The van der Waals surface area contributed by atoms with Crippen LogP contribution in [0.25, 0.3) is 11.4 Å². The van der Waals surface area contributed by atoms with E-state index in [0.29, 0.717) is 37.9 Å². The summed E-state index contributed by atoms with van der Waals surface area (Å²) in [5, 5.41) is 0. The molecule has 1 atom stereocenters. The van der Waals surface area contributed by atoms with Gasteiger partial charge in [-0.3, -0.25) is 4.72 Å². The number of rotatable bonds is 4. The van der Waals surface area contributed by atoms with Crippen molar-refractivity contribution in [1.29, 1.82) is 0 Å². The Bertz CT molecular complexity index is 963. The van der Waals surface area contributed by atoms with E-state index in [1.807, 2.05) is 12.1 Å². The zero-order valence-electron chi connectivity index (χ0n) is 16.0. The first-order valence-corrected chi connectivity index (χ1v) is 11.2. The van der Waals surface area contributed by atoms with Gasteiger partial charge in [-0.05, 0) is 31.2 Å². The van der Waals surface area contributed by atoms with Crippen LogP contribution in [0, 0.1) is 0 Å². The van der Waals surface area contributed by atoms with Gasteiger partial charge in [0.05, 0.1) is 44.4 Å². The lowest BCUT2D eigenvalue weighted by molar-refractivity contribution is 0.0952. The Balaban J connectivity index is 1.72. The van der Waals surface area contributed by atoms with Crippen LogP contribution >= 0.6 is 0 Å². The average Bonchev–Trinajstić information content (AvgIpc) is 2.67. The number of nitrogens with one attached hydrogen (secondary N) is 1.